The van der Waals surface area contributed by atoms with Crippen LogP contribution in [0.15, 0.2) is 52.7 Å². The predicted octanol–water partition coefficient (Wildman–Crippen LogP) is 3.63. The fourth-order valence-corrected chi connectivity index (χ4v) is 1.56. The molecule has 18 heavy (non-hydrogen) atoms. The summed E-state index contributed by atoms with van der Waals surface area (Å²) in [5, 5.41) is 0. The van der Waals surface area contributed by atoms with Gasteiger partial charge in [0, 0.05) is 11.9 Å². The summed E-state index contributed by atoms with van der Waals surface area (Å²) in [7, 11) is 0. The standard InChI is InChI=1S/C16H22N2/c1-4-14-5-7-15(8-6-14)12-18-10-9-16(17)11-13(2)3/h5-11H,4,12,17H2,1-3H3/b16-9+,18-10?. The maximum Gasteiger partial charge on any atom is 0.0639 e. The van der Waals surface area contributed by atoms with Gasteiger partial charge in [0.05, 0.1) is 6.54 Å². The Kier molecular flexibility index (Phi) is 5.92. The van der Waals surface area contributed by atoms with Crippen LogP contribution in [0.25, 0.3) is 0 Å². The van der Waals surface area contributed by atoms with Gasteiger partial charge < -0.3 is 5.73 Å². The van der Waals surface area contributed by atoms with Crippen LogP contribution in [-0.2, 0) is 13.0 Å². The molecule has 0 amide bonds. The van der Waals surface area contributed by atoms with Crippen molar-refractivity contribution in [1.29, 1.82) is 0 Å². The van der Waals surface area contributed by atoms with Crippen molar-refractivity contribution in [3.63, 3.8) is 0 Å². The van der Waals surface area contributed by atoms with Crippen LogP contribution < -0.4 is 5.73 Å². The van der Waals surface area contributed by atoms with E-state index in [-0.39, 0.29) is 0 Å². The molecule has 2 heteroatoms. The van der Waals surface area contributed by atoms with Crippen molar-refractivity contribution in [3.05, 3.63) is 58.8 Å². The van der Waals surface area contributed by atoms with Gasteiger partial charge in [0.2, 0.25) is 0 Å². The summed E-state index contributed by atoms with van der Waals surface area (Å²) in [6.07, 6.45) is 6.60. The van der Waals surface area contributed by atoms with Gasteiger partial charge in [-0.05, 0) is 43.5 Å². The van der Waals surface area contributed by atoms with Gasteiger partial charge in [0.1, 0.15) is 0 Å². The number of aliphatic imine (C=N–C) groups is 1. The van der Waals surface area contributed by atoms with Crippen LogP contribution in [0, 0.1) is 0 Å². The molecule has 96 valence electrons. The Bertz CT molecular complexity index is 446. The third-order valence-electron chi connectivity index (χ3n) is 2.53. The molecule has 0 fully saturated rings. The summed E-state index contributed by atoms with van der Waals surface area (Å²) in [5.74, 6) is 0. The molecule has 1 rings (SSSR count). The van der Waals surface area contributed by atoms with Gasteiger partial charge in [-0.25, -0.2) is 0 Å². The number of nitrogens with two attached hydrogens (primary N) is 1. The normalized spacial score (nSPS) is 11.8. The van der Waals surface area contributed by atoms with Crippen molar-refractivity contribution in [2.45, 2.75) is 33.7 Å². The van der Waals surface area contributed by atoms with Gasteiger partial charge >= 0.3 is 0 Å². The molecule has 0 aliphatic rings. The van der Waals surface area contributed by atoms with Crippen LogP contribution in [0.5, 0.6) is 0 Å². The number of benzene rings is 1. The van der Waals surface area contributed by atoms with E-state index in [1.54, 1.807) is 6.21 Å². The first-order valence-electron chi connectivity index (χ1n) is 6.30. The summed E-state index contributed by atoms with van der Waals surface area (Å²) >= 11 is 0. The second-order valence-corrected chi connectivity index (χ2v) is 4.55. The summed E-state index contributed by atoms with van der Waals surface area (Å²) in [6.45, 7) is 6.90. The molecule has 0 radical (unpaired) electrons. The number of hydrogen-bond acceptors (Lipinski definition) is 2. The molecule has 0 aliphatic carbocycles. The van der Waals surface area contributed by atoms with E-state index in [0.29, 0.717) is 6.54 Å². The van der Waals surface area contributed by atoms with E-state index in [1.165, 1.54) is 16.7 Å². The monoisotopic (exact) mass is 242 g/mol. The molecule has 0 atom stereocenters. The second kappa shape index (κ2) is 7.49. The van der Waals surface area contributed by atoms with Crippen LogP contribution in [0.3, 0.4) is 0 Å². The molecule has 0 aliphatic heterocycles. The first-order valence-corrected chi connectivity index (χ1v) is 6.30. The Hall–Kier alpha value is -1.83. The van der Waals surface area contributed by atoms with Crippen LogP contribution in [-0.4, -0.2) is 6.21 Å². The van der Waals surface area contributed by atoms with Crippen LogP contribution in [0.1, 0.15) is 31.9 Å². The zero-order valence-electron chi connectivity index (χ0n) is 11.5. The van der Waals surface area contributed by atoms with Gasteiger partial charge in [-0.3, -0.25) is 4.99 Å². The molecule has 0 spiro atoms. The van der Waals surface area contributed by atoms with Crippen LogP contribution in [0.4, 0.5) is 0 Å². The highest BCUT2D eigenvalue weighted by atomic mass is 14.7. The lowest BCUT2D eigenvalue weighted by Gasteiger charge is -1.98. The molecule has 1 aromatic carbocycles. The summed E-state index contributed by atoms with van der Waals surface area (Å²) < 4.78 is 0. The Morgan fingerprint density at radius 2 is 1.78 bits per heavy atom. The lowest BCUT2D eigenvalue weighted by Crippen LogP contribution is -1.93. The van der Waals surface area contributed by atoms with Crippen LogP contribution in [0.2, 0.25) is 0 Å². The van der Waals surface area contributed by atoms with Gasteiger partial charge in [-0.2, -0.15) is 0 Å². The summed E-state index contributed by atoms with van der Waals surface area (Å²) in [4.78, 5) is 4.33. The van der Waals surface area contributed by atoms with Crippen molar-refractivity contribution in [3.8, 4) is 0 Å². The topological polar surface area (TPSA) is 38.4 Å². The van der Waals surface area contributed by atoms with Crippen molar-refractivity contribution in [2.75, 3.05) is 0 Å². The minimum atomic E-state index is 0.697. The molecule has 2 nitrogen and oxygen atoms in total. The smallest absolute Gasteiger partial charge is 0.0639 e. The van der Waals surface area contributed by atoms with E-state index in [9.17, 15) is 0 Å². The van der Waals surface area contributed by atoms with E-state index < -0.39 is 0 Å². The van der Waals surface area contributed by atoms with Crippen LogP contribution >= 0.6 is 0 Å². The van der Waals surface area contributed by atoms with Gasteiger partial charge in [0.15, 0.2) is 0 Å². The molecule has 0 aromatic heterocycles. The predicted molar refractivity (Wildman–Crippen MR) is 79.7 cm³/mol. The molecule has 2 N–H and O–H groups in total. The molecule has 0 heterocycles. The third kappa shape index (κ3) is 5.48. The lowest BCUT2D eigenvalue weighted by atomic mass is 10.1. The molecule has 0 unspecified atom stereocenters. The van der Waals surface area contributed by atoms with E-state index in [0.717, 1.165) is 12.1 Å². The summed E-state index contributed by atoms with van der Waals surface area (Å²) in [6, 6.07) is 8.55. The molecule has 0 bridgehead atoms. The third-order valence-corrected chi connectivity index (χ3v) is 2.53. The van der Waals surface area contributed by atoms with E-state index in [1.807, 2.05) is 26.0 Å². The average Bonchev–Trinajstić information content (AvgIpc) is 2.34. The van der Waals surface area contributed by atoms with Crippen molar-refractivity contribution in [1.82, 2.24) is 0 Å². The zero-order chi connectivity index (χ0) is 13.4. The van der Waals surface area contributed by atoms with Gasteiger partial charge in [-0.15, -0.1) is 0 Å². The fraction of sp³-hybridized carbons (Fsp3) is 0.312. The minimum absolute atomic E-state index is 0.697. The maximum atomic E-state index is 5.79. The largest absolute Gasteiger partial charge is 0.399 e. The quantitative estimate of drug-likeness (QED) is 0.621. The first kappa shape index (κ1) is 14.2. The van der Waals surface area contributed by atoms with E-state index in [4.69, 9.17) is 5.73 Å². The summed E-state index contributed by atoms with van der Waals surface area (Å²) in [5.41, 5.74) is 10.3. The number of nitrogens with zero attached hydrogens (tertiary/aromatic N) is 1. The lowest BCUT2D eigenvalue weighted by molar-refractivity contribution is 1.06. The Morgan fingerprint density at radius 1 is 1.17 bits per heavy atom. The van der Waals surface area contributed by atoms with E-state index in [2.05, 4.69) is 36.2 Å². The second-order valence-electron chi connectivity index (χ2n) is 4.55. The minimum Gasteiger partial charge on any atom is -0.399 e. The molecule has 0 saturated carbocycles. The number of rotatable bonds is 5. The van der Waals surface area contributed by atoms with Crippen molar-refractivity contribution >= 4 is 6.21 Å². The maximum absolute atomic E-state index is 5.79. The molecule has 0 saturated heterocycles. The Morgan fingerprint density at radius 3 is 2.33 bits per heavy atom. The fourth-order valence-electron chi connectivity index (χ4n) is 1.56. The SMILES string of the molecule is CCc1ccc(CN=C/C=C(/N)C=C(C)C)cc1. The van der Waals surface area contributed by atoms with E-state index >= 15 is 0 Å². The average molecular weight is 242 g/mol. The van der Waals surface area contributed by atoms with Gasteiger partial charge in [-0.1, -0.05) is 36.8 Å². The number of aryl methyl sites for hydroxylation is 1. The molecular weight excluding hydrogens is 220 g/mol. The van der Waals surface area contributed by atoms with Crippen molar-refractivity contribution in [2.24, 2.45) is 10.7 Å². The highest BCUT2D eigenvalue weighted by Gasteiger charge is 1.91. The Labute approximate surface area is 110 Å². The highest BCUT2D eigenvalue weighted by molar-refractivity contribution is 5.72. The number of hydrogen-bond donors (Lipinski definition) is 1. The first-order chi connectivity index (χ1) is 8.61. The molecular formula is C16H22N2. The zero-order valence-corrected chi connectivity index (χ0v) is 11.5. The highest BCUT2D eigenvalue weighted by Crippen LogP contribution is 2.05. The Balaban J connectivity index is 2.51. The van der Waals surface area contributed by atoms with Gasteiger partial charge in [0.25, 0.3) is 0 Å². The number of allylic oxidation sites excluding steroid dienone is 3. The van der Waals surface area contributed by atoms with Crippen molar-refractivity contribution < 1.29 is 0 Å². The molecule has 1 aromatic rings.